The highest BCUT2D eigenvalue weighted by molar-refractivity contribution is 7.13. The molecule has 2 heterocycles. The SMILES string of the molecule is c1cc(-c2cccs2)cc(-n2cnc3cc(COCC4CC4)ccc32)c1. The van der Waals surface area contributed by atoms with Crippen LogP contribution in [0.5, 0.6) is 0 Å². The number of benzene rings is 2. The molecule has 4 heteroatoms. The Labute approximate surface area is 156 Å². The van der Waals surface area contributed by atoms with E-state index < -0.39 is 0 Å². The molecule has 1 aliphatic carbocycles. The third kappa shape index (κ3) is 3.18. The second kappa shape index (κ2) is 6.71. The minimum atomic E-state index is 0.674. The van der Waals surface area contributed by atoms with Gasteiger partial charge in [-0.05, 0) is 65.6 Å². The zero-order valence-electron chi connectivity index (χ0n) is 14.5. The van der Waals surface area contributed by atoms with Gasteiger partial charge in [-0.15, -0.1) is 11.3 Å². The van der Waals surface area contributed by atoms with Crippen LogP contribution in [0.15, 0.2) is 66.3 Å². The van der Waals surface area contributed by atoms with Gasteiger partial charge in [0.2, 0.25) is 0 Å². The summed E-state index contributed by atoms with van der Waals surface area (Å²) in [7, 11) is 0. The van der Waals surface area contributed by atoms with Crippen LogP contribution in [0.3, 0.4) is 0 Å². The van der Waals surface area contributed by atoms with E-state index in [0.29, 0.717) is 6.61 Å². The van der Waals surface area contributed by atoms with Gasteiger partial charge in [-0.3, -0.25) is 4.57 Å². The van der Waals surface area contributed by atoms with Gasteiger partial charge in [-0.2, -0.15) is 0 Å². The van der Waals surface area contributed by atoms with E-state index in [4.69, 9.17) is 4.74 Å². The number of aromatic nitrogens is 2. The van der Waals surface area contributed by atoms with Crippen LogP contribution in [-0.4, -0.2) is 16.2 Å². The molecule has 3 nitrogen and oxygen atoms in total. The second-order valence-corrected chi connectivity index (χ2v) is 7.87. The lowest BCUT2D eigenvalue weighted by Crippen LogP contribution is -1.97. The van der Waals surface area contributed by atoms with Gasteiger partial charge in [-0.1, -0.05) is 24.3 Å². The molecule has 0 unspecified atom stereocenters. The molecule has 1 aliphatic rings. The lowest BCUT2D eigenvalue weighted by Gasteiger charge is -2.07. The van der Waals surface area contributed by atoms with Crippen LogP contribution in [-0.2, 0) is 11.3 Å². The van der Waals surface area contributed by atoms with E-state index in [9.17, 15) is 0 Å². The van der Waals surface area contributed by atoms with Crippen molar-refractivity contribution in [2.24, 2.45) is 5.92 Å². The van der Waals surface area contributed by atoms with Crippen molar-refractivity contribution >= 4 is 22.4 Å². The predicted octanol–water partition coefficient (Wildman–Crippen LogP) is 5.68. The third-order valence-electron chi connectivity index (χ3n) is 4.86. The van der Waals surface area contributed by atoms with Crippen molar-refractivity contribution < 1.29 is 4.74 Å². The fourth-order valence-corrected chi connectivity index (χ4v) is 3.96. The molecule has 130 valence electrons. The molecule has 0 saturated heterocycles. The minimum Gasteiger partial charge on any atom is -0.376 e. The molecule has 2 aromatic heterocycles. The van der Waals surface area contributed by atoms with Crippen LogP contribution in [0, 0.1) is 5.92 Å². The fourth-order valence-electron chi connectivity index (χ4n) is 3.23. The summed E-state index contributed by atoms with van der Waals surface area (Å²) in [6.07, 6.45) is 4.56. The summed E-state index contributed by atoms with van der Waals surface area (Å²) in [5.41, 5.74) is 5.70. The molecule has 26 heavy (non-hydrogen) atoms. The Balaban J connectivity index is 1.43. The molecule has 0 atom stereocenters. The first-order valence-electron chi connectivity index (χ1n) is 9.05. The smallest absolute Gasteiger partial charge is 0.100 e. The van der Waals surface area contributed by atoms with Crippen molar-refractivity contribution in [3.8, 4) is 16.1 Å². The van der Waals surface area contributed by atoms with Gasteiger partial charge in [0.05, 0.1) is 17.6 Å². The zero-order valence-corrected chi connectivity index (χ0v) is 15.3. The maximum absolute atomic E-state index is 5.81. The van der Waals surface area contributed by atoms with Gasteiger partial charge in [0.1, 0.15) is 6.33 Å². The van der Waals surface area contributed by atoms with Crippen molar-refractivity contribution in [2.45, 2.75) is 19.4 Å². The highest BCUT2D eigenvalue weighted by Gasteiger charge is 2.21. The Bertz CT molecular complexity index is 1030. The number of ether oxygens (including phenoxy) is 1. The third-order valence-corrected chi connectivity index (χ3v) is 5.78. The number of hydrogen-bond acceptors (Lipinski definition) is 3. The molecule has 5 rings (SSSR count). The number of hydrogen-bond donors (Lipinski definition) is 0. The van der Waals surface area contributed by atoms with Crippen LogP contribution in [0.2, 0.25) is 0 Å². The van der Waals surface area contributed by atoms with Gasteiger partial charge < -0.3 is 4.74 Å². The van der Waals surface area contributed by atoms with E-state index in [1.807, 2.05) is 6.33 Å². The van der Waals surface area contributed by atoms with Crippen LogP contribution in [0.1, 0.15) is 18.4 Å². The van der Waals surface area contributed by atoms with Gasteiger partial charge >= 0.3 is 0 Å². The maximum Gasteiger partial charge on any atom is 0.100 e. The second-order valence-electron chi connectivity index (χ2n) is 6.92. The summed E-state index contributed by atoms with van der Waals surface area (Å²) < 4.78 is 7.96. The molecule has 0 bridgehead atoms. The van der Waals surface area contributed by atoms with E-state index in [2.05, 4.69) is 69.5 Å². The Morgan fingerprint density at radius 1 is 1.08 bits per heavy atom. The highest BCUT2D eigenvalue weighted by Crippen LogP contribution is 2.30. The van der Waals surface area contributed by atoms with Crippen molar-refractivity contribution in [1.29, 1.82) is 0 Å². The van der Waals surface area contributed by atoms with E-state index in [1.165, 1.54) is 28.8 Å². The summed E-state index contributed by atoms with van der Waals surface area (Å²) in [6, 6.07) is 19.3. The molecular formula is C22H20N2OS. The van der Waals surface area contributed by atoms with E-state index in [-0.39, 0.29) is 0 Å². The fraction of sp³-hybridized carbons (Fsp3) is 0.227. The zero-order chi connectivity index (χ0) is 17.3. The number of imidazole rings is 1. The largest absolute Gasteiger partial charge is 0.376 e. The molecule has 0 aliphatic heterocycles. The van der Waals surface area contributed by atoms with Crippen molar-refractivity contribution in [1.82, 2.24) is 9.55 Å². The van der Waals surface area contributed by atoms with E-state index >= 15 is 0 Å². The molecule has 1 fully saturated rings. The van der Waals surface area contributed by atoms with Gasteiger partial charge in [-0.25, -0.2) is 4.98 Å². The minimum absolute atomic E-state index is 0.674. The van der Waals surface area contributed by atoms with Gasteiger partial charge in [0.15, 0.2) is 0 Å². The highest BCUT2D eigenvalue weighted by atomic mass is 32.1. The van der Waals surface area contributed by atoms with Crippen LogP contribution >= 0.6 is 11.3 Å². The lowest BCUT2D eigenvalue weighted by atomic mass is 10.1. The Kier molecular flexibility index (Phi) is 4.07. The van der Waals surface area contributed by atoms with Gasteiger partial charge in [0.25, 0.3) is 0 Å². The topological polar surface area (TPSA) is 27.1 Å². The first-order chi connectivity index (χ1) is 12.9. The van der Waals surface area contributed by atoms with Crippen LogP contribution in [0.25, 0.3) is 27.2 Å². The maximum atomic E-state index is 5.81. The molecule has 1 saturated carbocycles. The quantitative estimate of drug-likeness (QED) is 0.442. The number of fused-ring (bicyclic) bond motifs is 1. The molecule has 2 aromatic carbocycles. The Morgan fingerprint density at radius 2 is 2.04 bits per heavy atom. The summed E-state index contributed by atoms with van der Waals surface area (Å²) in [5, 5.41) is 2.11. The van der Waals surface area contributed by atoms with Crippen LogP contribution < -0.4 is 0 Å². The average Bonchev–Trinajstić information content (AvgIpc) is 3.18. The molecule has 0 radical (unpaired) electrons. The average molecular weight is 360 g/mol. The first-order valence-corrected chi connectivity index (χ1v) is 9.93. The number of nitrogens with zero attached hydrogens (tertiary/aromatic N) is 2. The summed E-state index contributed by atoms with van der Waals surface area (Å²) >= 11 is 1.76. The standard InChI is InChI=1S/C22H20N2OS/c1-3-18(22-5-2-10-26-22)12-19(4-1)24-15-23-20-11-17(8-9-21(20)24)14-25-13-16-6-7-16/h1-5,8-12,15-16H,6-7,13-14H2. The molecule has 0 spiro atoms. The summed E-state index contributed by atoms with van der Waals surface area (Å²) in [6.45, 7) is 1.56. The molecule has 4 aromatic rings. The number of rotatable bonds is 6. The number of thiophene rings is 1. The summed E-state index contributed by atoms with van der Waals surface area (Å²) in [5.74, 6) is 0.800. The molecular weight excluding hydrogens is 340 g/mol. The lowest BCUT2D eigenvalue weighted by molar-refractivity contribution is 0.111. The van der Waals surface area contributed by atoms with Crippen molar-refractivity contribution in [3.05, 3.63) is 71.9 Å². The Morgan fingerprint density at radius 3 is 2.88 bits per heavy atom. The van der Waals surface area contributed by atoms with Crippen molar-refractivity contribution in [2.75, 3.05) is 6.61 Å². The van der Waals surface area contributed by atoms with E-state index in [0.717, 1.165) is 29.2 Å². The summed E-state index contributed by atoms with van der Waals surface area (Å²) in [4.78, 5) is 5.90. The van der Waals surface area contributed by atoms with E-state index in [1.54, 1.807) is 11.3 Å². The predicted molar refractivity (Wildman–Crippen MR) is 107 cm³/mol. The molecule has 0 amide bonds. The monoisotopic (exact) mass is 360 g/mol. The molecule has 0 N–H and O–H groups in total. The van der Waals surface area contributed by atoms with Crippen LogP contribution in [0.4, 0.5) is 0 Å². The normalized spacial score (nSPS) is 14.2. The van der Waals surface area contributed by atoms with Crippen molar-refractivity contribution in [3.63, 3.8) is 0 Å². The van der Waals surface area contributed by atoms with Gasteiger partial charge in [0, 0.05) is 17.2 Å². The first kappa shape index (κ1) is 15.8. The Hall–Kier alpha value is -2.43.